The summed E-state index contributed by atoms with van der Waals surface area (Å²) in [6.07, 6.45) is 0. The zero-order valence-electron chi connectivity index (χ0n) is 17.4. The molecule has 1 saturated heterocycles. The van der Waals surface area contributed by atoms with Gasteiger partial charge in [-0.2, -0.15) is 0 Å². The van der Waals surface area contributed by atoms with Gasteiger partial charge in [0.1, 0.15) is 18.1 Å². The Hall–Kier alpha value is -3.25. The number of hydrogen-bond donors (Lipinski definition) is 1. The third kappa shape index (κ3) is 4.83. The molecular formula is C24H27N3O3. The molecule has 1 aliphatic heterocycles. The number of likely N-dealkylation sites (N-methyl/N-ethyl adjacent to an activating group) is 1. The molecule has 0 unspecified atom stereocenters. The van der Waals surface area contributed by atoms with Crippen LogP contribution in [-0.4, -0.2) is 44.0 Å². The molecule has 1 aromatic heterocycles. The molecule has 1 fully saturated rings. The fraction of sp³-hybridized carbons (Fsp3) is 0.292. The summed E-state index contributed by atoms with van der Waals surface area (Å²) in [6, 6.07) is 19.2. The molecular weight excluding hydrogens is 378 g/mol. The Balaban J connectivity index is 1.32. The van der Waals surface area contributed by atoms with Crippen LogP contribution in [0, 0.1) is 6.92 Å². The highest BCUT2D eigenvalue weighted by molar-refractivity contribution is 6.02. The van der Waals surface area contributed by atoms with Crippen molar-refractivity contribution in [1.29, 1.82) is 0 Å². The Morgan fingerprint density at radius 2 is 1.73 bits per heavy atom. The summed E-state index contributed by atoms with van der Waals surface area (Å²) < 4.78 is 11.4. The number of para-hydroxylation sites is 1. The lowest BCUT2D eigenvalue weighted by atomic mass is 10.2. The number of furan rings is 1. The molecule has 156 valence electrons. The van der Waals surface area contributed by atoms with Crippen molar-refractivity contribution >= 4 is 17.3 Å². The van der Waals surface area contributed by atoms with E-state index in [1.54, 1.807) is 12.1 Å². The van der Waals surface area contributed by atoms with Crippen LogP contribution in [0.25, 0.3) is 0 Å². The van der Waals surface area contributed by atoms with Gasteiger partial charge in [0.25, 0.3) is 5.91 Å². The first-order valence-corrected chi connectivity index (χ1v) is 10.2. The van der Waals surface area contributed by atoms with Crippen molar-refractivity contribution in [1.82, 2.24) is 4.90 Å². The minimum atomic E-state index is -0.274. The number of benzene rings is 2. The first-order chi connectivity index (χ1) is 14.6. The number of nitrogens with zero attached hydrogens (tertiary/aromatic N) is 2. The molecule has 0 atom stereocenters. The Morgan fingerprint density at radius 3 is 2.47 bits per heavy atom. The number of nitrogens with one attached hydrogen (secondary N) is 1. The second-order valence-corrected chi connectivity index (χ2v) is 7.61. The van der Waals surface area contributed by atoms with Gasteiger partial charge in [0.15, 0.2) is 5.76 Å². The highest BCUT2D eigenvalue weighted by atomic mass is 16.5. The molecule has 0 radical (unpaired) electrons. The summed E-state index contributed by atoms with van der Waals surface area (Å²) in [5.74, 6) is 1.40. The molecule has 2 aromatic carbocycles. The van der Waals surface area contributed by atoms with E-state index >= 15 is 0 Å². The Labute approximate surface area is 177 Å². The largest absolute Gasteiger partial charge is 0.485 e. The summed E-state index contributed by atoms with van der Waals surface area (Å²) in [4.78, 5) is 17.2. The van der Waals surface area contributed by atoms with Crippen molar-refractivity contribution in [2.75, 3.05) is 43.4 Å². The highest BCUT2D eigenvalue weighted by Gasteiger charge is 2.15. The predicted octanol–water partition coefficient (Wildman–Crippen LogP) is 4.17. The number of carbonyl (C=O) groups excluding carboxylic acids is 1. The lowest BCUT2D eigenvalue weighted by Crippen LogP contribution is -2.44. The van der Waals surface area contributed by atoms with E-state index < -0.39 is 0 Å². The molecule has 30 heavy (non-hydrogen) atoms. The lowest BCUT2D eigenvalue weighted by molar-refractivity contribution is 0.0992. The number of anilines is 2. The van der Waals surface area contributed by atoms with Crippen LogP contribution < -0.4 is 15.0 Å². The quantitative estimate of drug-likeness (QED) is 0.667. The number of ether oxygens (including phenoxy) is 1. The number of amides is 1. The minimum absolute atomic E-state index is 0.265. The Bertz CT molecular complexity index is 989. The summed E-state index contributed by atoms with van der Waals surface area (Å²) in [7, 11) is 2.14. The minimum Gasteiger partial charge on any atom is -0.485 e. The molecule has 6 nitrogen and oxygen atoms in total. The van der Waals surface area contributed by atoms with Gasteiger partial charge in [-0.1, -0.05) is 18.2 Å². The molecule has 6 heteroatoms. The van der Waals surface area contributed by atoms with Crippen molar-refractivity contribution in [3.8, 4) is 5.75 Å². The summed E-state index contributed by atoms with van der Waals surface area (Å²) >= 11 is 0. The first kappa shape index (κ1) is 20.0. The smallest absolute Gasteiger partial charge is 0.291 e. The number of piperazine rings is 1. The zero-order chi connectivity index (χ0) is 20.9. The van der Waals surface area contributed by atoms with Crippen LogP contribution >= 0.6 is 0 Å². The first-order valence-electron chi connectivity index (χ1n) is 10.2. The third-order valence-electron chi connectivity index (χ3n) is 5.34. The van der Waals surface area contributed by atoms with Gasteiger partial charge in [0, 0.05) is 37.6 Å². The van der Waals surface area contributed by atoms with E-state index in [0.717, 1.165) is 43.2 Å². The van der Waals surface area contributed by atoms with Crippen LogP contribution in [0.3, 0.4) is 0 Å². The normalized spacial score (nSPS) is 14.5. The van der Waals surface area contributed by atoms with E-state index in [9.17, 15) is 4.79 Å². The van der Waals surface area contributed by atoms with E-state index in [-0.39, 0.29) is 18.3 Å². The van der Waals surface area contributed by atoms with Gasteiger partial charge in [-0.05, 0) is 62.0 Å². The Morgan fingerprint density at radius 1 is 1.00 bits per heavy atom. The van der Waals surface area contributed by atoms with Gasteiger partial charge in [0.05, 0.1) is 0 Å². The lowest BCUT2D eigenvalue weighted by Gasteiger charge is -2.34. The second kappa shape index (κ2) is 9.05. The van der Waals surface area contributed by atoms with Gasteiger partial charge in [-0.25, -0.2) is 0 Å². The maximum Gasteiger partial charge on any atom is 0.291 e. The average Bonchev–Trinajstić information content (AvgIpc) is 3.24. The van der Waals surface area contributed by atoms with Gasteiger partial charge in [-0.15, -0.1) is 0 Å². The third-order valence-corrected chi connectivity index (χ3v) is 5.34. The predicted molar refractivity (Wildman–Crippen MR) is 118 cm³/mol. The van der Waals surface area contributed by atoms with Crippen LogP contribution in [0.4, 0.5) is 11.4 Å². The molecule has 1 N–H and O–H groups in total. The molecule has 0 bridgehead atoms. The fourth-order valence-electron chi connectivity index (χ4n) is 3.46. The molecule has 1 aliphatic rings. The van der Waals surface area contributed by atoms with Gasteiger partial charge in [-0.3, -0.25) is 4.79 Å². The van der Waals surface area contributed by atoms with Gasteiger partial charge >= 0.3 is 0 Å². The maximum absolute atomic E-state index is 12.5. The standard InChI is InChI=1S/C24H27N3O3/c1-18-5-3-4-6-22(18)29-17-21-11-12-23(30-21)24(28)25-19-7-9-20(10-8-19)27-15-13-26(2)14-16-27/h3-12H,13-17H2,1-2H3,(H,25,28). The van der Waals surface area contributed by atoms with Crippen molar-refractivity contribution < 1.29 is 13.9 Å². The van der Waals surface area contributed by atoms with E-state index in [1.807, 2.05) is 55.5 Å². The van der Waals surface area contributed by atoms with Crippen molar-refractivity contribution in [3.05, 3.63) is 77.7 Å². The molecule has 0 saturated carbocycles. The number of rotatable bonds is 6. The summed E-state index contributed by atoms with van der Waals surface area (Å²) in [6.45, 7) is 6.42. The number of aryl methyl sites for hydroxylation is 1. The number of hydrogen-bond acceptors (Lipinski definition) is 5. The maximum atomic E-state index is 12.5. The van der Waals surface area contributed by atoms with Crippen LogP contribution in [0.2, 0.25) is 0 Å². The molecule has 4 rings (SSSR count). The Kier molecular flexibility index (Phi) is 6.05. The number of carbonyl (C=O) groups is 1. The van der Waals surface area contributed by atoms with E-state index in [1.165, 1.54) is 5.69 Å². The SMILES string of the molecule is Cc1ccccc1OCc1ccc(C(=O)Nc2ccc(N3CCN(C)CC3)cc2)o1. The molecule has 0 aliphatic carbocycles. The molecule has 1 amide bonds. The molecule has 0 spiro atoms. The summed E-state index contributed by atoms with van der Waals surface area (Å²) in [5, 5.41) is 2.89. The van der Waals surface area contributed by atoms with Crippen LogP contribution in [0.1, 0.15) is 21.9 Å². The molecule has 3 aromatic rings. The van der Waals surface area contributed by atoms with Gasteiger partial charge in [0.2, 0.25) is 0 Å². The topological polar surface area (TPSA) is 58.0 Å². The van der Waals surface area contributed by atoms with Gasteiger partial charge < -0.3 is 24.3 Å². The fourth-order valence-corrected chi connectivity index (χ4v) is 3.46. The van der Waals surface area contributed by atoms with E-state index in [0.29, 0.717) is 5.76 Å². The molecule has 2 heterocycles. The van der Waals surface area contributed by atoms with Crippen LogP contribution in [0.5, 0.6) is 5.75 Å². The zero-order valence-corrected chi connectivity index (χ0v) is 17.4. The van der Waals surface area contributed by atoms with Crippen molar-refractivity contribution in [3.63, 3.8) is 0 Å². The van der Waals surface area contributed by atoms with Crippen molar-refractivity contribution in [2.24, 2.45) is 0 Å². The van der Waals surface area contributed by atoms with Crippen molar-refractivity contribution in [2.45, 2.75) is 13.5 Å². The second-order valence-electron chi connectivity index (χ2n) is 7.61. The van der Waals surface area contributed by atoms with E-state index in [4.69, 9.17) is 9.15 Å². The highest BCUT2D eigenvalue weighted by Crippen LogP contribution is 2.21. The monoisotopic (exact) mass is 405 g/mol. The van der Waals surface area contributed by atoms with Crippen LogP contribution in [0.15, 0.2) is 65.1 Å². The summed E-state index contributed by atoms with van der Waals surface area (Å²) in [5.41, 5.74) is 2.98. The average molecular weight is 405 g/mol. The van der Waals surface area contributed by atoms with E-state index in [2.05, 4.69) is 22.2 Å². The van der Waals surface area contributed by atoms with Crippen LogP contribution in [-0.2, 0) is 6.61 Å².